The van der Waals surface area contributed by atoms with Crippen molar-refractivity contribution in [2.45, 2.75) is 51.2 Å². The van der Waals surface area contributed by atoms with Crippen LogP contribution in [-0.2, 0) is 28.5 Å². The molecule has 3 unspecified atom stereocenters. The molecule has 1 N–H and O–H groups in total. The van der Waals surface area contributed by atoms with Crippen molar-refractivity contribution < 1.29 is 22.7 Å². The van der Waals surface area contributed by atoms with Gasteiger partial charge in [0.25, 0.3) is 0 Å². The SMILES string of the molecule is CCC1Cc2ccc(C(C)C(=O)OCC(c3cccc(C(F)(F)F)c3)N3CCNCC3)cc2C1.Cl. The van der Waals surface area contributed by atoms with E-state index < -0.39 is 23.7 Å². The van der Waals surface area contributed by atoms with E-state index in [0.29, 0.717) is 24.6 Å². The van der Waals surface area contributed by atoms with Crippen molar-refractivity contribution in [3.05, 3.63) is 70.3 Å². The highest BCUT2D eigenvalue weighted by molar-refractivity contribution is 5.85. The number of hydrogen-bond acceptors (Lipinski definition) is 4. The number of fused-ring (bicyclic) bond motifs is 1. The first-order valence-electron chi connectivity index (χ1n) is 12.2. The van der Waals surface area contributed by atoms with Crippen LogP contribution in [0.5, 0.6) is 0 Å². The molecule has 0 bridgehead atoms. The maximum Gasteiger partial charge on any atom is 0.416 e. The molecule has 192 valence electrons. The minimum Gasteiger partial charge on any atom is -0.463 e. The number of nitrogens with one attached hydrogen (secondary N) is 1. The van der Waals surface area contributed by atoms with Gasteiger partial charge in [-0.2, -0.15) is 13.2 Å². The Morgan fingerprint density at radius 1 is 1.09 bits per heavy atom. The minimum atomic E-state index is -4.42. The second-order valence-corrected chi connectivity index (χ2v) is 9.49. The van der Waals surface area contributed by atoms with Gasteiger partial charge in [-0.25, -0.2) is 0 Å². The summed E-state index contributed by atoms with van der Waals surface area (Å²) in [6, 6.07) is 11.2. The van der Waals surface area contributed by atoms with Crippen LogP contribution in [0, 0.1) is 5.92 Å². The summed E-state index contributed by atoms with van der Waals surface area (Å²) >= 11 is 0. The number of rotatable bonds is 7. The molecule has 0 radical (unpaired) electrons. The third kappa shape index (κ3) is 6.57. The molecule has 0 amide bonds. The first-order valence-corrected chi connectivity index (χ1v) is 12.2. The molecule has 4 nitrogen and oxygen atoms in total. The van der Waals surface area contributed by atoms with Gasteiger partial charge in [-0.1, -0.05) is 43.7 Å². The number of nitrogens with zero attached hydrogens (tertiary/aromatic N) is 1. The zero-order chi connectivity index (χ0) is 24.3. The Balaban J connectivity index is 0.00000342. The Hall–Kier alpha value is -2.09. The summed E-state index contributed by atoms with van der Waals surface area (Å²) in [6.07, 6.45) is -1.14. The number of ether oxygens (including phenoxy) is 1. The number of esters is 1. The molecular weight excluding hydrogens is 477 g/mol. The summed E-state index contributed by atoms with van der Waals surface area (Å²) in [4.78, 5) is 15.1. The molecule has 0 aromatic heterocycles. The maximum absolute atomic E-state index is 13.3. The van der Waals surface area contributed by atoms with Gasteiger partial charge in [0.2, 0.25) is 0 Å². The van der Waals surface area contributed by atoms with Crippen LogP contribution < -0.4 is 5.32 Å². The molecule has 0 saturated carbocycles. The Morgan fingerprint density at radius 2 is 1.80 bits per heavy atom. The first-order chi connectivity index (χ1) is 16.3. The van der Waals surface area contributed by atoms with E-state index in [2.05, 4.69) is 29.3 Å². The van der Waals surface area contributed by atoms with E-state index in [0.717, 1.165) is 44.0 Å². The van der Waals surface area contributed by atoms with Crippen LogP contribution in [0.4, 0.5) is 13.2 Å². The van der Waals surface area contributed by atoms with Gasteiger partial charge in [-0.15, -0.1) is 12.4 Å². The zero-order valence-corrected chi connectivity index (χ0v) is 21.1. The lowest BCUT2D eigenvalue weighted by Crippen LogP contribution is -2.46. The molecule has 0 spiro atoms. The molecule has 3 atom stereocenters. The first kappa shape index (κ1) is 27.5. The average Bonchev–Trinajstić information content (AvgIpc) is 3.26. The number of halogens is 4. The summed E-state index contributed by atoms with van der Waals surface area (Å²) in [5, 5.41) is 3.26. The molecule has 1 aliphatic carbocycles. The van der Waals surface area contributed by atoms with Crippen LogP contribution in [-0.4, -0.2) is 43.7 Å². The summed E-state index contributed by atoms with van der Waals surface area (Å²) in [5.41, 5.74) is 3.43. The summed E-state index contributed by atoms with van der Waals surface area (Å²) in [7, 11) is 0. The van der Waals surface area contributed by atoms with E-state index in [1.54, 1.807) is 6.07 Å². The Kier molecular flexibility index (Phi) is 9.24. The van der Waals surface area contributed by atoms with Crippen LogP contribution in [0.1, 0.15) is 60.0 Å². The Labute approximate surface area is 211 Å². The smallest absolute Gasteiger partial charge is 0.416 e. The second kappa shape index (κ2) is 11.8. The van der Waals surface area contributed by atoms with E-state index in [9.17, 15) is 18.0 Å². The van der Waals surface area contributed by atoms with Crippen molar-refractivity contribution in [1.29, 1.82) is 0 Å². The van der Waals surface area contributed by atoms with Gasteiger partial charge in [-0.05, 0) is 60.1 Å². The highest BCUT2D eigenvalue weighted by Crippen LogP contribution is 2.33. The summed E-state index contributed by atoms with van der Waals surface area (Å²) < 4.78 is 45.7. The standard InChI is InChI=1S/C27H33F3N2O2.ClH/c1-3-19-13-21-8-7-20(15-23(21)14-19)18(2)26(33)34-17-25(32-11-9-31-10-12-32)22-5-4-6-24(16-22)27(28,29)30;/h4-8,15-16,18-19,25,31H,3,9-14,17H2,1-2H3;1H. The molecule has 2 aromatic rings. The Morgan fingerprint density at radius 3 is 2.49 bits per heavy atom. The highest BCUT2D eigenvalue weighted by atomic mass is 35.5. The summed E-state index contributed by atoms with van der Waals surface area (Å²) in [5.74, 6) is -0.118. The molecule has 1 fully saturated rings. The lowest BCUT2D eigenvalue weighted by molar-refractivity contribution is -0.147. The number of hydrogen-bond donors (Lipinski definition) is 1. The fourth-order valence-electron chi connectivity index (χ4n) is 5.04. The van der Waals surface area contributed by atoms with Gasteiger partial charge in [0.1, 0.15) is 6.61 Å². The molecule has 8 heteroatoms. The van der Waals surface area contributed by atoms with Crippen LogP contribution in [0.25, 0.3) is 0 Å². The van der Waals surface area contributed by atoms with Gasteiger partial charge in [-0.3, -0.25) is 9.69 Å². The zero-order valence-electron chi connectivity index (χ0n) is 20.2. The number of benzene rings is 2. The van der Waals surface area contributed by atoms with E-state index in [4.69, 9.17) is 4.74 Å². The molecule has 2 aliphatic rings. The number of carbonyl (C=O) groups excluding carboxylic acids is 1. The Bertz CT molecular complexity index is 1010. The second-order valence-electron chi connectivity index (χ2n) is 9.49. The molecule has 4 rings (SSSR count). The third-order valence-electron chi connectivity index (χ3n) is 7.25. The lowest BCUT2D eigenvalue weighted by Gasteiger charge is -2.35. The predicted molar refractivity (Wildman–Crippen MR) is 133 cm³/mol. The monoisotopic (exact) mass is 510 g/mol. The third-order valence-corrected chi connectivity index (χ3v) is 7.25. The number of carbonyl (C=O) groups is 1. The van der Waals surface area contributed by atoms with Crippen LogP contribution >= 0.6 is 12.4 Å². The molecule has 2 aromatic carbocycles. The van der Waals surface area contributed by atoms with E-state index >= 15 is 0 Å². The average molecular weight is 511 g/mol. The van der Waals surface area contributed by atoms with Crippen molar-refractivity contribution in [1.82, 2.24) is 10.2 Å². The molecule has 1 heterocycles. The molecule has 1 aliphatic heterocycles. The van der Waals surface area contributed by atoms with Crippen molar-refractivity contribution in [2.75, 3.05) is 32.8 Å². The van der Waals surface area contributed by atoms with E-state index in [1.807, 2.05) is 13.0 Å². The van der Waals surface area contributed by atoms with Crippen LogP contribution in [0.15, 0.2) is 42.5 Å². The van der Waals surface area contributed by atoms with Gasteiger partial charge in [0, 0.05) is 26.2 Å². The lowest BCUT2D eigenvalue weighted by atomic mass is 9.97. The van der Waals surface area contributed by atoms with Crippen molar-refractivity contribution in [3.63, 3.8) is 0 Å². The fraction of sp³-hybridized carbons (Fsp3) is 0.519. The van der Waals surface area contributed by atoms with Crippen molar-refractivity contribution in [3.8, 4) is 0 Å². The van der Waals surface area contributed by atoms with Crippen LogP contribution in [0.2, 0.25) is 0 Å². The summed E-state index contributed by atoms with van der Waals surface area (Å²) in [6.45, 7) is 6.90. The molecule has 1 saturated heterocycles. The van der Waals surface area contributed by atoms with Crippen molar-refractivity contribution in [2.24, 2.45) is 5.92 Å². The quantitative estimate of drug-likeness (QED) is 0.496. The van der Waals surface area contributed by atoms with Crippen LogP contribution in [0.3, 0.4) is 0 Å². The molecule has 35 heavy (non-hydrogen) atoms. The van der Waals surface area contributed by atoms with Crippen molar-refractivity contribution >= 4 is 18.4 Å². The number of piperazine rings is 1. The number of alkyl halides is 3. The van der Waals surface area contributed by atoms with Gasteiger partial charge >= 0.3 is 12.1 Å². The topological polar surface area (TPSA) is 41.6 Å². The predicted octanol–water partition coefficient (Wildman–Crippen LogP) is 5.55. The van der Waals surface area contributed by atoms with E-state index in [-0.39, 0.29) is 25.0 Å². The maximum atomic E-state index is 13.3. The van der Waals surface area contributed by atoms with Gasteiger partial charge in [0.05, 0.1) is 17.5 Å². The molecular formula is C27H34ClF3N2O2. The fourth-order valence-corrected chi connectivity index (χ4v) is 5.04. The largest absolute Gasteiger partial charge is 0.463 e. The van der Waals surface area contributed by atoms with Gasteiger partial charge < -0.3 is 10.1 Å². The van der Waals surface area contributed by atoms with Gasteiger partial charge in [0.15, 0.2) is 0 Å². The van der Waals surface area contributed by atoms with E-state index in [1.165, 1.54) is 23.3 Å². The minimum absolute atomic E-state index is 0. The highest BCUT2D eigenvalue weighted by Gasteiger charge is 2.32. The normalized spacial score (nSPS) is 20.0.